The summed E-state index contributed by atoms with van der Waals surface area (Å²) in [6, 6.07) is 14.6. The highest BCUT2D eigenvalue weighted by atomic mass is 16.5. The lowest BCUT2D eigenvalue weighted by Crippen LogP contribution is -2.51. The van der Waals surface area contributed by atoms with Crippen LogP contribution in [0.2, 0.25) is 0 Å². The van der Waals surface area contributed by atoms with E-state index >= 15 is 0 Å². The van der Waals surface area contributed by atoms with Crippen molar-refractivity contribution >= 4 is 11.6 Å². The Balaban J connectivity index is 1.49. The monoisotopic (exact) mass is 410 g/mol. The molecular weight excluding hydrogens is 380 g/mol. The molecule has 0 bridgehead atoms. The Hall–Kier alpha value is -2.70. The molecule has 30 heavy (non-hydrogen) atoms. The predicted molar refractivity (Wildman–Crippen MR) is 117 cm³/mol. The van der Waals surface area contributed by atoms with Crippen molar-refractivity contribution in [2.75, 3.05) is 46.9 Å². The molecule has 0 N–H and O–H groups in total. The van der Waals surface area contributed by atoms with Gasteiger partial charge in [0, 0.05) is 50.8 Å². The molecule has 0 aromatic heterocycles. The number of piperazine rings is 1. The number of carbonyl (C=O) groups is 2. The lowest BCUT2D eigenvalue weighted by molar-refractivity contribution is 0.0691. The molecule has 3 rings (SSSR count). The predicted octanol–water partition coefficient (Wildman–Crippen LogP) is 3.17. The van der Waals surface area contributed by atoms with Crippen molar-refractivity contribution in [1.82, 2.24) is 9.80 Å². The van der Waals surface area contributed by atoms with Crippen LogP contribution in [0, 0.1) is 0 Å². The summed E-state index contributed by atoms with van der Waals surface area (Å²) in [4.78, 5) is 29.9. The first kappa shape index (κ1) is 22.0. The second kappa shape index (κ2) is 10.4. The summed E-state index contributed by atoms with van der Waals surface area (Å²) in [5, 5.41) is 0. The highest BCUT2D eigenvalue weighted by Crippen LogP contribution is 2.25. The molecule has 0 amide bonds. The van der Waals surface area contributed by atoms with Crippen LogP contribution in [0.4, 0.5) is 0 Å². The third-order valence-corrected chi connectivity index (χ3v) is 5.76. The van der Waals surface area contributed by atoms with E-state index in [2.05, 4.69) is 9.80 Å². The number of carbonyl (C=O) groups excluding carboxylic acids is 2. The molecule has 6 nitrogen and oxygen atoms in total. The first-order chi connectivity index (χ1) is 14.5. The standard InChI is InChI=1S/C24H30N2O4/c1-18(24(28)19-7-5-4-6-8-19)26-15-13-25(14-16-26)12-11-22(27)21-10-9-20(29-2)17-23(21)30-3/h4-10,17-18H,11-16H2,1-3H3. The van der Waals surface area contributed by atoms with Crippen molar-refractivity contribution in [3.05, 3.63) is 59.7 Å². The molecule has 1 heterocycles. The lowest BCUT2D eigenvalue weighted by Gasteiger charge is -2.37. The smallest absolute Gasteiger partial charge is 0.179 e. The third kappa shape index (κ3) is 5.26. The van der Waals surface area contributed by atoms with Gasteiger partial charge in [-0.1, -0.05) is 30.3 Å². The number of ether oxygens (including phenoxy) is 2. The molecule has 2 aromatic carbocycles. The maximum Gasteiger partial charge on any atom is 0.179 e. The van der Waals surface area contributed by atoms with E-state index in [0.717, 1.165) is 31.7 Å². The molecule has 0 radical (unpaired) electrons. The zero-order valence-electron chi connectivity index (χ0n) is 18.0. The van der Waals surface area contributed by atoms with Crippen molar-refractivity contribution in [1.29, 1.82) is 0 Å². The summed E-state index contributed by atoms with van der Waals surface area (Å²) in [6.07, 6.45) is 0.432. The second-order valence-corrected chi connectivity index (χ2v) is 7.52. The van der Waals surface area contributed by atoms with Crippen LogP contribution < -0.4 is 9.47 Å². The van der Waals surface area contributed by atoms with Crippen LogP contribution in [-0.4, -0.2) is 74.4 Å². The first-order valence-electron chi connectivity index (χ1n) is 10.3. The van der Waals surface area contributed by atoms with Gasteiger partial charge < -0.3 is 14.4 Å². The molecule has 0 aliphatic carbocycles. The number of nitrogens with zero attached hydrogens (tertiary/aromatic N) is 2. The topological polar surface area (TPSA) is 59.1 Å². The van der Waals surface area contributed by atoms with Gasteiger partial charge in [0.15, 0.2) is 11.6 Å². The minimum absolute atomic E-state index is 0.0598. The highest BCUT2D eigenvalue weighted by Gasteiger charge is 2.26. The summed E-state index contributed by atoms with van der Waals surface area (Å²) in [7, 11) is 3.15. The molecular formula is C24H30N2O4. The van der Waals surface area contributed by atoms with Gasteiger partial charge in [0.25, 0.3) is 0 Å². The zero-order chi connectivity index (χ0) is 21.5. The maximum atomic E-state index is 12.7. The summed E-state index contributed by atoms with van der Waals surface area (Å²) in [5.74, 6) is 1.42. The number of rotatable bonds is 9. The molecule has 0 spiro atoms. The molecule has 1 atom stereocenters. The van der Waals surface area contributed by atoms with E-state index in [-0.39, 0.29) is 17.6 Å². The second-order valence-electron chi connectivity index (χ2n) is 7.52. The van der Waals surface area contributed by atoms with Gasteiger partial charge in [-0.3, -0.25) is 14.5 Å². The van der Waals surface area contributed by atoms with E-state index in [0.29, 0.717) is 30.0 Å². The highest BCUT2D eigenvalue weighted by molar-refractivity contribution is 6.00. The van der Waals surface area contributed by atoms with Gasteiger partial charge in [-0.05, 0) is 19.1 Å². The van der Waals surface area contributed by atoms with Gasteiger partial charge in [-0.2, -0.15) is 0 Å². The van der Waals surface area contributed by atoms with Crippen LogP contribution in [0.3, 0.4) is 0 Å². The van der Waals surface area contributed by atoms with E-state index in [9.17, 15) is 9.59 Å². The Morgan fingerprint density at radius 3 is 2.30 bits per heavy atom. The summed E-state index contributed by atoms with van der Waals surface area (Å²) in [5.41, 5.74) is 1.34. The van der Waals surface area contributed by atoms with Gasteiger partial charge in [0.05, 0.1) is 25.8 Å². The van der Waals surface area contributed by atoms with Crippen LogP contribution in [0.15, 0.2) is 48.5 Å². The largest absolute Gasteiger partial charge is 0.497 e. The number of hydrogen-bond donors (Lipinski definition) is 0. The molecule has 0 saturated carbocycles. The third-order valence-electron chi connectivity index (χ3n) is 5.76. The van der Waals surface area contributed by atoms with Crippen LogP contribution in [0.25, 0.3) is 0 Å². The SMILES string of the molecule is COc1ccc(C(=O)CCN2CCN(C(C)C(=O)c3ccccc3)CC2)c(OC)c1. The Bertz CT molecular complexity index is 861. The molecule has 6 heteroatoms. The van der Waals surface area contributed by atoms with E-state index in [1.807, 2.05) is 37.3 Å². The summed E-state index contributed by atoms with van der Waals surface area (Å²) in [6.45, 7) is 6.01. The van der Waals surface area contributed by atoms with Gasteiger partial charge >= 0.3 is 0 Å². The molecule has 1 fully saturated rings. The van der Waals surface area contributed by atoms with E-state index < -0.39 is 0 Å². The summed E-state index contributed by atoms with van der Waals surface area (Å²) >= 11 is 0. The van der Waals surface area contributed by atoms with Gasteiger partial charge in [-0.25, -0.2) is 0 Å². The normalized spacial score (nSPS) is 16.1. The van der Waals surface area contributed by atoms with Crippen molar-refractivity contribution in [3.8, 4) is 11.5 Å². The van der Waals surface area contributed by atoms with Crippen molar-refractivity contribution in [3.63, 3.8) is 0 Å². The molecule has 1 unspecified atom stereocenters. The first-order valence-corrected chi connectivity index (χ1v) is 10.3. The van der Waals surface area contributed by atoms with E-state index in [1.165, 1.54) is 0 Å². The molecule has 160 valence electrons. The minimum atomic E-state index is -0.139. The number of Topliss-reactive ketones (excluding diaryl/α,β-unsaturated/α-hetero) is 2. The maximum absolute atomic E-state index is 12.7. The molecule has 1 saturated heterocycles. The zero-order valence-corrected chi connectivity index (χ0v) is 18.0. The number of benzene rings is 2. The molecule has 2 aromatic rings. The fourth-order valence-electron chi connectivity index (χ4n) is 3.81. The van der Waals surface area contributed by atoms with Crippen LogP contribution in [0.5, 0.6) is 11.5 Å². The van der Waals surface area contributed by atoms with Crippen molar-refractivity contribution in [2.45, 2.75) is 19.4 Å². The Labute approximate surface area is 178 Å². The quantitative estimate of drug-likeness (QED) is 0.592. The Morgan fingerprint density at radius 2 is 1.67 bits per heavy atom. The average molecular weight is 411 g/mol. The van der Waals surface area contributed by atoms with E-state index in [1.54, 1.807) is 32.4 Å². The molecule has 1 aliphatic rings. The molecule has 1 aliphatic heterocycles. The fourth-order valence-corrected chi connectivity index (χ4v) is 3.81. The van der Waals surface area contributed by atoms with E-state index in [4.69, 9.17) is 9.47 Å². The fraction of sp³-hybridized carbons (Fsp3) is 0.417. The van der Waals surface area contributed by atoms with Crippen molar-refractivity contribution in [2.24, 2.45) is 0 Å². The van der Waals surface area contributed by atoms with Gasteiger partial charge in [0.2, 0.25) is 0 Å². The Kier molecular flexibility index (Phi) is 7.60. The lowest BCUT2D eigenvalue weighted by atomic mass is 10.0. The van der Waals surface area contributed by atoms with Crippen LogP contribution >= 0.6 is 0 Å². The average Bonchev–Trinajstić information content (AvgIpc) is 2.82. The number of ketones is 2. The summed E-state index contributed by atoms with van der Waals surface area (Å²) < 4.78 is 10.5. The van der Waals surface area contributed by atoms with Crippen LogP contribution in [-0.2, 0) is 0 Å². The minimum Gasteiger partial charge on any atom is -0.497 e. The number of methoxy groups -OCH3 is 2. The van der Waals surface area contributed by atoms with Gasteiger partial charge in [-0.15, -0.1) is 0 Å². The van der Waals surface area contributed by atoms with Gasteiger partial charge in [0.1, 0.15) is 11.5 Å². The Morgan fingerprint density at radius 1 is 0.967 bits per heavy atom. The van der Waals surface area contributed by atoms with Crippen LogP contribution in [0.1, 0.15) is 34.1 Å². The number of hydrogen-bond acceptors (Lipinski definition) is 6. The van der Waals surface area contributed by atoms with Crippen molar-refractivity contribution < 1.29 is 19.1 Å².